The molecule has 0 aliphatic carbocycles. The summed E-state index contributed by atoms with van der Waals surface area (Å²) in [5, 5.41) is 12.6. The van der Waals surface area contributed by atoms with Crippen LogP contribution in [-0.4, -0.2) is 21.2 Å². The van der Waals surface area contributed by atoms with Crippen LogP contribution in [0.15, 0.2) is 40.9 Å². The maximum atomic E-state index is 10.7. The summed E-state index contributed by atoms with van der Waals surface area (Å²) in [7, 11) is 0. The summed E-state index contributed by atoms with van der Waals surface area (Å²) in [6.07, 6.45) is 3.45. The van der Waals surface area contributed by atoms with Gasteiger partial charge in [-0.15, -0.1) is 0 Å². The molecule has 1 aromatic heterocycles. The van der Waals surface area contributed by atoms with Gasteiger partial charge in [0.2, 0.25) is 11.7 Å². The second kappa shape index (κ2) is 6.83. The molecule has 0 saturated heterocycles. The monoisotopic (exact) mass is 286 g/mol. The molecule has 1 aromatic carbocycles. The Morgan fingerprint density at radius 3 is 2.67 bits per heavy atom. The smallest absolute Gasteiger partial charge is 0.331 e. The van der Waals surface area contributed by atoms with E-state index in [1.165, 1.54) is 18.4 Å². The molecule has 0 fully saturated rings. The third-order valence-corrected chi connectivity index (χ3v) is 3.17. The molecular weight excluding hydrogens is 268 g/mol. The molecule has 0 bridgehead atoms. The molecule has 0 amide bonds. The van der Waals surface area contributed by atoms with Gasteiger partial charge in [-0.2, -0.15) is 4.98 Å². The van der Waals surface area contributed by atoms with Crippen molar-refractivity contribution in [2.45, 2.75) is 32.6 Å². The van der Waals surface area contributed by atoms with E-state index in [9.17, 15) is 4.79 Å². The summed E-state index contributed by atoms with van der Waals surface area (Å²) in [6, 6.07) is 8.01. The molecule has 5 heteroatoms. The van der Waals surface area contributed by atoms with Gasteiger partial charge in [-0.1, -0.05) is 49.3 Å². The Hall–Kier alpha value is -2.43. The molecule has 21 heavy (non-hydrogen) atoms. The van der Waals surface area contributed by atoms with Crippen LogP contribution in [0.2, 0.25) is 0 Å². The number of carbonyl (C=O) groups is 1. The molecule has 5 nitrogen and oxygen atoms in total. The molecule has 2 rings (SSSR count). The topological polar surface area (TPSA) is 76.2 Å². The lowest BCUT2D eigenvalue weighted by Gasteiger charge is -2.00. The fraction of sp³-hybridized carbons (Fsp3) is 0.312. The standard InChI is InChI=1S/C16H18N2O3/c1-3-4-5-12-6-8-13(9-7-12)15-17-14(21-18-15)10-11(2)16(19)20/h6-9H,2-5,10H2,1H3,(H,19,20). The van der Waals surface area contributed by atoms with Gasteiger partial charge < -0.3 is 9.63 Å². The molecule has 0 saturated carbocycles. The minimum absolute atomic E-state index is 0.0279. The van der Waals surface area contributed by atoms with Crippen LogP contribution in [0.5, 0.6) is 0 Å². The van der Waals surface area contributed by atoms with Gasteiger partial charge in [0.05, 0.1) is 6.42 Å². The molecule has 0 atom stereocenters. The molecule has 0 spiro atoms. The summed E-state index contributed by atoms with van der Waals surface area (Å²) >= 11 is 0. The zero-order valence-electron chi connectivity index (χ0n) is 12.0. The van der Waals surface area contributed by atoms with Crippen molar-refractivity contribution < 1.29 is 14.4 Å². The highest BCUT2D eigenvalue weighted by molar-refractivity contribution is 5.86. The third-order valence-electron chi connectivity index (χ3n) is 3.17. The first-order valence-corrected chi connectivity index (χ1v) is 6.93. The SMILES string of the molecule is C=C(Cc1nc(-c2ccc(CCCC)cc2)no1)C(=O)O. The summed E-state index contributed by atoms with van der Waals surface area (Å²) in [6.45, 7) is 5.61. The highest BCUT2D eigenvalue weighted by Gasteiger charge is 2.12. The van der Waals surface area contributed by atoms with E-state index in [-0.39, 0.29) is 17.9 Å². The first-order chi connectivity index (χ1) is 10.1. The van der Waals surface area contributed by atoms with Crippen LogP contribution in [0.3, 0.4) is 0 Å². The number of carboxylic acid groups (broad SMARTS) is 1. The third kappa shape index (κ3) is 4.02. The molecule has 0 aliphatic heterocycles. The lowest BCUT2D eigenvalue weighted by Crippen LogP contribution is -2.02. The first-order valence-electron chi connectivity index (χ1n) is 6.93. The largest absolute Gasteiger partial charge is 0.478 e. The summed E-state index contributed by atoms with van der Waals surface area (Å²) in [5.41, 5.74) is 2.16. The average molecular weight is 286 g/mol. The second-order valence-corrected chi connectivity index (χ2v) is 4.90. The fourth-order valence-corrected chi connectivity index (χ4v) is 1.90. The van der Waals surface area contributed by atoms with Crippen molar-refractivity contribution in [2.24, 2.45) is 0 Å². The lowest BCUT2D eigenvalue weighted by atomic mass is 10.1. The highest BCUT2D eigenvalue weighted by Crippen LogP contribution is 2.18. The van der Waals surface area contributed by atoms with Crippen LogP contribution < -0.4 is 0 Å². The number of aromatic nitrogens is 2. The summed E-state index contributed by atoms with van der Waals surface area (Å²) in [5.74, 6) is -0.340. The van der Waals surface area contributed by atoms with Crippen molar-refractivity contribution in [1.29, 1.82) is 0 Å². The van der Waals surface area contributed by atoms with Crippen molar-refractivity contribution >= 4 is 5.97 Å². The molecule has 0 radical (unpaired) electrons. The number of aliphatic carboxylic acids is 1. The molecule has 1 heterocycles. The lowest BCUT2D eigenvalue weighted by molar-refractivity contribution is -0.132. The Kier molecular flexibility index (Phi) is 4.87. The maximum Gasteiger partial charge on any atom is 0.331 e. The van der Waals surface area contributed by atoms with Crippen LogP contribution in [0.25, 0.3) is 11.4 Å². The van der Waals surface area contributed by atoms with Gasteiger partial charge in [-0.25, -0.2) is 4.79 Å². The van der Waals surface area contributed by atoms with Gasteiger partial charge >= 0.3 is 5.97 Å². The van der Waals surface area contributed by atoms with Crippen molar-refractivity contribution in [2.75, 3.05) is 0 Å². The zero-order chi connectivity index (χ0) is 15.2. The number of aryl methyl sites for hydroxylation is 1. The normalized spacial score (nSPS) is 10.5. The number of hydrogen-bond acceptors (Lipinski definition) is 4. The Balaban J connectivity index is 2.07. The number of carboxylic acids is 1. The van der Waals surface area contributed by atoms with Gasteiger partial charge in [-0.05, 0) is 18.4 Å². The van der Waals surface area contributed by atoms with E-state index in [0.29, 0.717) is 5.82 Å². The average Bonchev–Trinajstić information content (AvgIpc) is 2.94. The van der Waals surface area contributed by atoms with E-state index in [1.54, 1.807) is 0 Å². The maximum absolute atomic E-state index is 10.7. The Morgan fingerprint density at radius 1 is 1.33 bits per heavy atom. The number of rotatable bonds is 7. The number of hydrogen-bond donors (Lipinski definition) is 1. The Bertz CT molecular complexity index is 629. The minimum Gasteiger partial charge on any atom is -0.478 e. The predicted octanol–water partition coefficient (Wildman–Crippen LogP) is 3.26. The van der Waals surface area contributed by atoms with Crippen molar-refractivity contribution in [3.63, 3.8) is 0 Å². The Morgan fingerprint density at radius 2 is 2.05 bits per heavy atom. The number of unbranched alkanes of at least 4 members (excludes halogenated alkanes) is 1. The molecule has 2 aromatic rings. The van der Waals surface area contributed by atoms with E-state index in [0.717, 1.165) is 12.0 Å². The van der Waals surface area contributed by atoms with Crippen molar-refractivity contribution in [1.82, 2.24) is 10.1 Å². The van der Waals surface area contributed by atoms with Gasteiger partial charge in [0, 0.05) is 11.1 Å². The summed E-state index contributed by atoms with van der Waals surface area (Å²) in [4.78, 5) is 14.9. The van der Waals surface area contributed by atoms with Crippen LogP contribution in [0.4, 0.5) is 0 Å². The van der Waals surface area contributed by atoms with Crippen molar-refractivity contribution in [3.05, 3.63) is 47.9 Å². The van der Waals surface area contributed by atoms with Gasteiger partial charge in [0.1, 0.15) is 0 Å². The fourth-order valence-electron chi connectivity index (χ4n) is 1.90. The minimum atomic E-state index is -1.06. The van der Waals surface area contributed by atoms with E-state index >= 15 is 0 Å². The van der Waals surface area contributed by atoms with Crippen molar-refractivity contribution in [3.8, 4) is 11.4 Å². The molecule has 0 aliphatic rings. The Labute approximate surface area is 123 Å². The van der Waals surface area contributed by atoms with E-state index in [1.807, 2.05) is 12.1 Å². The van der Waals surface area contributed by atoms with Gasteiger partial charge in [0.25, 0.3) is 0 Å². The second-order valence-electron chi connectivity index (χ2n) is 4.90. The quantitative estimate of drug-likeness (QED) is 0.790. The molecule has 1 N–H and O–H groups in total. The predicted molar refractivity (Wildman–Crippen MR) is 78.8 cm³/mol. The zero-order valence-corrected chi connectivity index (χ0v) is 12.0. The highest BCUT2D eigenvalue weighted by atomic mass is 16.5. The van der Waals surface area contributed by atoms with E-state index in [2.05, 4.69) is 35.8 Å². The van der Waals surface area contributed by atoms with Crippen LogP contribution in [0, 0.1) is 0 Å². The van der Waals surface area contributed by atoms with Gasteiger partial charge in [-0.3, -0.25) is 0 Å². The summed E-state index contributed by atoms with van der Waals surface area (Å²) < 4.78 is 5.05. The van der Waals surface area contributed by atoms with Crippen LogP contribution in [0.1, 0.15) is 31.2 Å². The van der Waals surface area contributed by atoms with Crippen LogP contribution >= 0.6 is 0 Å². The molecular formula is C16H18N2O3. The van der Waals surface area contributed by atoms with Crippen LogP contribution in [-0.2, 0) is 17.6 Å². The van der Waals surface area contributed by atoms with E-state index in [4.69, 9.17) is 9.63 Å². The van der Waals surface area contributed by atoms with Gasteiger partial charge in [0.15, 0.2) is 0 Å². The molecule has 110 valence electrons. The van der Waals surface area contributed by atoms with E-state index < -0.39 is 5.97 Å². The molecule has 0 unspecified atom stereocenters. The number of benzene rings is 1. The first kappa shape index (κ1) is 15.0. The number of nitrogens with zero attached hydrogens (tertiary/aromatic N) is 2.